The van der Waals surface area contributed by atoms with Crippen LogP contribution in [0.5, 0.6) is 0 Å². The summed E-state index contributed by atoms with van der Waals surface area (Å²) in [6.45, 7) is 0. The normalized spacial score (nSPS) is 11.5. The van der Waals surface area contributed by atoms with E-state index in [0.717, 1.165) is 21.5 Å². The molecule has 0 saturated carbocycles. The van der Waals surface area contributed by atoms with Crippen LogP contribution in [0.4, 0.5) is 18.9 Å². The highest BCUT2D eigenvalue weighted by molar-refractivity contribution is 7.71. The lowest BCUT2D eigenvalue weighted by Crippen LogP contribution is -2.11. The van der Waals surface area contributed by atoms with Gasteiger partial charge in [0.1, 0.15) is 5.69 Å². The molecule has 2 N–H and O–H groups in total. The number of nitro groups is 1. The molecule has 1 heterocycles. The number of aromatic nitrogens is 3. The van der Waals surface area contributed by atoms with E-state index in [1.165, 1.54) is 0 Å². The molecule has 0 fully saturated rings. The van der Waals surface area contributed by atoms with Gasteiger partial charge in [0.05, 0.1) is 10.5 Å². The van der Waals surface area contributed by atoms with Crippen LogP contribution in [-0.4, -0.2) is 19.4 Å². The van der Waals surface area contributed by atoms with Gasteiger partial charge >= 0.3 is 6.18 Å². The van der Waals surface area contributed by atoms with Gasteiger partial charge < -0.3 is 5.84 Å². The molecular formula is C15H10F3N5O2S. The van der Waals surface area contributed by atoms with Crippen LogP contribution in [-0.2, 0) is 6.18 Å². The van der Waals surface area contributed by atoms with Gasteiger partial charge in [-0.15, -0.1) is 5.10 Å². The van der Waals surface area contributed by atoms with Gasteiger partial charge in [-0.3, -0.25) is 10.1 Å². The molecule has 3 rings (SSSR count). The molecule has 3 aromatic rings. The van der Waals surface area contributed by atoms with Gasteiger partial charge in [0, 0.05) is 11.6 Å². The van der Waals surface area contributed by atoms with Crippen LogP contribution >= 0.6 is 12.2 Å². The largest absolute Gasteiger partial charge is 0.416 e. The average molecular weight is 381 g/mol. The molecule has 0 atom stereocenters. The zero-order valence-corrected chi connectivity index (χ0v) is 13.7. The predicted octanol–water partition coefficient (Wildman–Crippen LogP) is 3.71. The van der Waals surface area contributed by atoms with E-state index in [4.69, 9.17) is 18.1 Å². The number of alkyl halides is 3. The summed E-state index contributed by atoms with van der Waals surface area (Å²) in [6.07, 6.45) is -4.72. The van der Waals surface area contributed by atoms with Crippen molar-refractivity contribution in [3.05, 3.63) is 69.0 Å². The molecular weight excluding hydrogens is 371 g/mol. The van der Waals surface area contributed by atoms with Gasteiger partial charge in [0.15, 0.2) is 5.82 Å². The van der Waals surface area contributed by atoms with Crippen molar-refractivity contribution < 1.29 is 18.1 Å². The average Bonchev–Trinajstić information content (AvgIpc) is 2.90. The summed E-state index contributed by atoms with van der Waals surface area (Å²) in [7, 11) is 0. The van der Waals surface area contributed by atoms with Gasteiger partial charge in [0.2, 0.25) is 4.77 Å². The third-order valence-corrected chi connectivity index (χ3v) is 3.94. The summed E-state index contributed by atoms with van der Waals surface area (Å²) in [5, 5.41) is 15.4. The van der Waals surface area contributed by atoms with Gasteiger partial charge in [-0.2, -0.15) is 17.9 Å². The molecule has 0 saturated heterocycles. The smallest absolute Gasteiger partial charge is 0.335 e. The minimum Gasteiger partial charge on any atom is -0.335 e. The maximum absolute atomic E-state index is 12.8. The van der Waals surface area contributed by atoms with Crippen LogP contribution in [0.1, 0.15) is 5.56 Å². The number of rotatable bonds is 3. The molecule has 0 aliphatic carbocycles. The molecule has 0 aliphatic heterocycles. The first-order valence-electron chi connectivity index (χ1n) is 7.08. The first-order chi connectivity index (χ1) is 12.2. The number of nitrogen functional groups attached to an aromatic ring is 1. The lowest BCUT2D eigenvalue weighted by Gasteiger charge is -2.08. The molecule has 134 valence electrons. The molecule has 26 heavy (non-hydrogen) atoms. The van der Waals surface area contributed by atoms with E-state index >= 15 is 0 Å². The van der Waals surface area contributed by atoms with Crippen LogP contribution in [0, 0.1) is 14.9 Å². The minimum atomic E-state index is -4.72. The summed E-state index contributed by atoms with van der Waals surface area (Å²) < 4.78 is 40.4. The van der Waals surface area contributed by atoms with Crippen molar-refractivity contribution in [2.24, 2.45) is 0 Å². The maximum Gasteiger partial charge on any atom is 0.416 e. The van der Waals surface area contributed by atoms with E-state index < -0.39 is 22.4 Å². The number of hydrogen-bond acceptors (Lipinski definition) is 5. The Morgan fingerprint density at radius 3 is 2.38 bits per heavy atom. The lowest BCUT2D eigenvalue weighted by atomic mass is 10.1. The minimum absolute atomic E-state index is 0.105. The molecule has 0 bridgehead atoms. The standard InChI is InChI=1S/C15H10F3N5O2S/c16-15(17,18)10-6-7-11(12(8-10)23(24)25)22-14(26)21(19)13(20-22)9-4-2-1-3-5-9/h1-8H,19H2. The molecule has 2 aromatic carbocycles. The number of nitro benzene ring substituents is 1. The van der Waals surface area contributed by atoms with Gasteiger partial charge in [0.25, 0.3) is 5.69 Å². The van der Waals surface area contributed by atoms with Crippen LogP contribution < -0.4 is 5.84 Å². The first kappa shape index (κ1) is 17.6. The quantitative estimate of drug-likeness (QED) is 0.323. The Bertz CT molecular complexity index is 1040. The Morgan fingerprint density at radius 1 is 1.15 bits per heavy atom. The van der Waals surface area contributed by atoms with Crippen LogP contribution in [0.3, 0.4) is 0 Å². The lowest BCUT2D eigenvalue weighted by molar-refractivity contribution is -0.384. The first-order valence-corrected chi connectivity index (χ1v) is 7.49. The molecule has 0 aliphatic rings. The highest BCUT2D eigenvalue weighted by Gasteiger charge is 2.33. The van der Waals surface area contributed by atoms with Crippen molar-refractivity contribution in [2.45, 2.75) is 6.18 Å². The molecule has 1 aromatic heterocycles. The number of hydrogen-bond donors (Lipinski definition) is 1. The third kappa shape index (κ3) is 3.04. The Hall–Kier alpha value is -3.21. The van der Waals surface area contributed by atoms with Crippen LogP contribution in [0.15, 0.2) is 48.5 Å². The van der Waals surface area contributed by atoms with E-state index in [1.807, 2.05) is 0 Å². The van der Waals surface area contributed by atoms with E-state index in [-0.39, 0.29) is 16.3 Å². The summed E-state index contributed by atoms with van der Waals surface area (Å²) in [4.78, 5) is 10.3. The number of nitrogens with two attached hydrogens (primary N) is 1. The Morgan fingerprint density at radius 2 is 1.81 bits per heavy atom. The Balaban J connectivity index is 2.22. The Labute approximate surface area is 149 Å². The number of nitrogens with zero attached hydrogens (tertiary/aromatic N) is 4. The molecule has 7 nitrogen and oxygen atoms in total. The highest BCUT2D eigenvalue weighted by atomic mass is 32.1. The van der Waals surface area contributed by atoms with Crippen molar-refractivity contribution >= 4 is 17.9 Å². The van der Waals surface area contributed by atoms with Gasteiger partial charge in [-0.05, 0) is 24.4 Å². The SMILES string of the molecule is Nn1c(-c2ccccc2)nn(-c2ccc(C(F)(F)F)cc2[N+](=O)[O-])c1=S. The topological polar surface area (TPSA) is 91.9 Å². The zero-order valence-electron chi connectivity index (χ0n) is 12.8. The molecule has 0 unspecified atom stereocenters. The Kier molecular flexibility index (Phi) is 4.24. The molecule has 11 heteroatoms. The molecule has 0 radical (unpaired) electrons. The fourth-order valence-electron chi connectivity index (χ4n) is 2.34. The summed E-state index contributed by atoms with van der Waals surface area (Å²) >= 11 is 5.14. The van der Waals surface area contributed by atoms with Crippen molar-refractivity contribution in [3.63, 3.8) is 0 Å². The van der Waals surface area contributed by atoms with E-state index in [9.17, 15) is 23.3 Å². The van der Waals surface area contributed by atoms with Gasteiger partial charge in [-0.25, -0.2) is 4.68 Å². The van der Waals surface area contributed by atoms with Crippen LogP contribution in [0.2, 0.25) is 0 Å². The maximum atomic E-state index is 12.8. The zero-order chi connectivity index (χ0) is 19.1. The van der Waals surface area contributed by atoms with Crippen molar-refractivity contribution in [1.29, 1.82) is 0 Å². The fraction of sp³-hybridized carbons (Fsp3) is 0.0667. The predicted molar refractivity (Wildman–Crippen MR) is 89.6 cm³/mol. The van der Waals surface area contributed by atoms with Crippen molar-refractivity contribution in [1.82, 2.24) is 14.5 Å². The second-order valence-electron chi connectivity index (χ2n) is 5.21. The van der Waals surface area contributed by atoms with Crippen molar-refractivity contribution in [2.75, 3.05) is 5.84 Å². The number of benzene rings is 2. The van der Waals surface area contributed by atoms with E-state index in [0.29, 0.717) is 11.6 Å². The molecule has 0 amide bonds. The summed E-state index contributed by atoms with van der Waals surface area (Å²) in [5.41, 5.74) is -1.55. The molecule has 0 spiro atoms. The summed E-state index contributed by atoms with van der Waals surface area (Å²) in [5.74, 6) is 6.09. The van der Waals surface area contributed by atoms with Crippen molar-refractivity contribution in [3.8, 4) is 17.1 Å². The summed E-state index contributed by atoms with van der Waals surface area (Å²) in [6, 6.07) is 10.7. The fourth-order valence-corrected chi connectivity index (χ4v) is 2.57. The highest BCUT2D eigenvalue weighted by Crippen LogP contribution is 2.34. The second-order valence-corrected chi connectivity index (χ2v) is 5.58. The third-order valence-electron chi connectivity index (χ3n) is 3.57. The van der Waals surface area contributed by atoms with Gasteiger partial charge in [-0.1, -0.05) is 30.3 Å². The van der Waals surface area contributed by atoms with E-state index in [1.54, 1.807) is 30.3 Å². The van der Waals surface area contributed by atoms with Crippen LogP contribution in [0.25, 0.3) is 17.1 Å². The second kappa shape index (κ2) is 6.26. The monoisotopic (exact) mass is 381 g/mol. The number of halogens is 3. The van der Waals surface area contributed by atoms with E-state index in [2.05, 4.69) is 5.10 Å².